The summed E-state index contributed by atoms with van der Waals surface area (Å²) in [6.07, 6.45) is 7.85. The predicted molar refractivity (Wildman–Crippen MR) is 62.3 cm³/mol. The molecule has 4 nitrogen and oxygen atoms in total. The number of hydrogen-bond donors (Lipinski definition) is 1. The summed E-state index contributed by atoms with van der Waals surface area (Å²) in [4.78, 5) is 4.44. The molecule has 1 aliphatic rings. The lowest BCUT2D eigenvalue weighted by Crippen LogP contribution is -2.27. The quantitative estimate of drug-likeness (QED) is 0.791. The van der Waals surface area contributed by atoms with Gasteiger partial charge in [0, 0.05) is 30.1 Å². The molecule has 1 aliphatic heterocycles. The molecule has 0 spiro atoms. The minimum Gasteiger partial charge on any atom is -0.310 e. The van der Waals surface area contributed by atoms with Crippen LogP contribution >= 0.6 is 0 Å². The van der Waals surface area contributed by atoms with Crippen molar-refractivity contribution in [2.75, 3.05) is 6.54 Å². The highest BCUT2D eigenvalue weighted by Gasteiger charge is 2.15. The zero-order valence-electron chi connectivity index (χ0n) is 9.48. The van der Waals surface area contributed by atoms with Crippen LogP contribution in [0.4, 0.5) is 0 Å². The van der Waals surface area contributed by atoms with Crippen molar-refractivity contribution in [2.45, 2.75) is 32.2 Å². The molecule has 1 N–H and O–H groups in total. The maximum atomic E-state index is 4.44. The normalized spacial score (nSPS) is 21.4. The molecule has 4 heteroatoms. The van der Waals surface area contributed by atoms with Crippen molar-refractivity contribution < 1.29 is 0 Å². The van der Waals surface area contributed by atoms with E-state index in [-0.39, 0.29) is 0 Å². The Morgan fingerprint density at radius 3 is 3.19 bits per heavy atom. The summed E-state index contributed by atoms with van der Waals surface area (Å²) in [6, 6.07) is 2.45. The van der Waals surface area contributed by atoms with E-state index in [0.717, 1.165) is 17.9 Å². The highest BCUT2D eigenvalue weighted by Crippen LogP contribution is 2.22. The number of aromatic nitrogens is 3. The molecule has 3 rings (SSSR count). The van der Waals surface area contributed by atoms with Crippen LogP contribution in [0.1, 0.15) is 36.6 Å². The van der Waals surface area contributed by atoms with Crippen molar-refractivity contribution >= 4 is 5.65 Å². The van der Waals surface area contributed by atoms with Gasteiger partial charge in [-0.25, -0.2) is 9.50 Å². The molecular weight excluding hydrogens is 200 g/mol. The van der Waals surface area contributed by atoms with Gasteiger partial charge in [-0.15, -0.1) is 0 Å². The van der Waals surface area contributed by atoms with Gasteiger partial charge in [-0.05, 0) is 26.3 Å². The van der Waals surface area contributed by atoms with Crippen molar-refractivity contribution in [1.82, 2.24) is 19.9 Å². The van der Waals surface area contributed by atoms with Gasteiger partial charge in [0.2, 0.25) is 0 Å². The Hall–Kier alpha value is -1.42. The van der Waals surface area contributed by atoms with Crippen molar-refractivity contribution in [3.05, 3.63) is 29.7 Å². The average molecular weight is 216 g/mol. The van der Waals surface area contributed by atoms with E-state index < -0.39 is 0 Å². The molecule has 0 radical (unpaired) electrons. The molecular formula is C12H16N4. The Morgan fingerprint density at radius 1 is 1.44 bits per heavy atom. The highest BCUT2D eigenvalue weighted by molar-refractivity contribution is 5.39. The lowest BCUT2D eigenvalue weighted by atomic mass is 10.00. The average Bonchev–Trinajstić information content (AvgIpc) is 2.69. The van der Waals surface area contributed by atoms with E-state index in [2.05, 4.69) is 21.6 Å². The zero-order chi connectivity index (χ0) is 11.0. The van der Waals surface area contributed by atoms with E-state index in [1.807, 2.05) is 23.7 Å². The van der Waals surface area contributed by atoms with Crippen molar-refractivity contribution in [2.24, 2.45) is 0 Å². The first kappa shape index (κ1) is 9.78. The molecule has 1 unspecified atom stereocenters. The third kappa shape index (κ3) is 1.69. The zero-order valence-corrected chi connectivity index (χ0v) is 9.48. The summed E-state index contributed by atoms with van der Waals surface area (Å²) < 4.78 is 1.88. The summed E-state index contributed by atoms with van der Waals surface area (Å²) >= 11 is 0. The van der Waals surface area contributed by atoms with Gasteiger partial charge in [0.1, 0.15) is 0 Å². The first-order valence-electron chi connectivity index (χ1n) is 5.88. The third-order valence-electron chi connectivity index (χ3n) is 3.17. The number of aryl methyl sites for hydroxylation is 1. The minimum atomic E-state index is 0.454. The van der Waals surface area contributed by atoms with Gasteiger partial charge < -0.3 is 5.32 Å². The molecule has 1 saturated heterocycles. The lowest BCUT2D eigenvalue weighted by Gasteiger charge is -2.23. The third-order valence-corrected chi connectivity index (χ3v) is 3.17. The Morgan fingerprint density at radius 2 is 2.38 bits per heavy atom. The molecule has 16 heavy (non-hydrogen) atoms. The van der Waals surface area contributed by atoms with E-state index in [9.17, 15) is 0 Å². The molecule has 0 aromatic carbocycles. The van der Waals surface area contributed by atoms with Crippen LogP contribution in [0.25, 0.3) is 5.65 Å². The fraction of sp³-hybridized carbons (Fsp3) is 0.500. The molecule has 0 aliphatic carbocycles. The van der Waals surface area contributed by atoms with Gasteiger partial charge in [-0.3, -0.25) is 0 Å². The van der Waals surface area contributed by atoms with Gasteiger partial charge >= 0.3 is 0 Å². The second kappa shape index (κ2) is 3.87. The van der Waals surface area contributed by atoms with E-state index in [1.54, 1.807) is 0 Å². The first-order valence-corrected chi connectivity index (χ1v) is 5.88. The van der Waals surface area contributed by atoms with Gasteiger partial charge in [0.05, 0.1) is 5.69 Å². The number of nitrogens with zero attached hydrogens (tertiary/aromatic N) is 3. The summed E-state index contributed by atoms with van der Waals surface area (Å²) in [7, 11) is 0. The van der Waals surface area contributed by atoms with Crippen LogP contribution in [0.3, 0.4) is 0 Å². The Bertz CT molecular complexity index is 497. The van der Waals surface area contributed by atoms with Crippen molar-refractivity contribution in [1.29, 1.82) is 0 Å². The standard InChI is InChI=1S/C12H16N4/c1-9-6-12-14-7-10(8-16(12)15-9)11-4-2-3-5-13-11/h6-8,11,13H,2-5H2,1H3. The summed E-state index contributed by atoms with van der Waals surface area (Å²) in [5, 5.41) is 7.92. The van der Waals surface area contributed by atoms with Gasteiger partial charge in [0.25, 0.3) is 0 Å². The van der Waals surface area contributed by atoms with Crippen LogP contribution < -0.4 is 5.32 Å². The minimum absolute atomic E-state index is 0.454. The van der Waals surface area contributed by atoms with E-state index in [4.69, 9.17) is 0 Å². The largest absolute Gasteiger partial charge is 0.310 e. The molecule has 1 atom stereocenters. The molecule has 0 bridgehead atoms. The summed E-state index contributed by atoms with van der Waals surface area (Å²) in [5.41, 5.74) is 3.19. The molecule has 3 heterocycles. The summed E-state index contributed by atoms with van der Waals surface area (Å²) in [6.45, 7) is 3.11. The maximum Gasteiger partial charge on any atom is 0.155 e. The van der Waals surface area contributed by atoms with E-state index in [1.165, 1.54) is 24.8 Å². The molecule has 1 fully saturated rings. The predicted octanol–water partition coefficient (Wildman–Crippen LogP) is 1.85. The monoisotopic (exact) mass is 216 g/mol. The summed E-state index contributed by atoms with van der Waals surface area (Å²) in [5.74, 6) is 0. The van der Waals surface area contributed by atoms with Crippen molar-refractivity contribution in [3.63, 3.8) is 0 Å². The number of rotatable bonds is 1. The molecule has 0 amide bonds. The smallest absolute Gasteiger partial charge is 0.155 e. The Balaban J connectivity index is 1.97. The van der Waals surface area contributed by atoms with Crippen LogP contribution in [0.2, 0.25) is 0 Å². The topological polar surface area (TPSA) is 42.2 Å². The number of fused-ring (bicyclic) bond motifs is 1. The van der Waals surface area contributed by atoms with E-state index in [0.29, 0.717) is 6.04 Å². The van der Waals surface area contributed by atoms with Gasteiger partial charge in [-0.1, -0.05) is 6.42 Å². The Labute approximate surface area is 94.7 Å². The van der Waals surface area contributed by atoms with Crippen LogP contribution in [0.5, 0.6) is 0 Å². The van der Waals surface area contributed by atoms with Gasteiger partial charge in [0.15, 0.2) is 5.65 Å². The fourth-order valence-corrected chi connectivity index (χ4v) is 2.33. The SMILES string of the molecule is Cc1cc2ncc(C3CCCCN3)cn2n1. The maximum absolute atomic E-state index is 4.44. The highest BCUT2D eigenvalue weighted by atomic mass is 15.2. The molecule has 0 saturated carbocycles. The van der Waals surface area contributed by atoms with Crippen LogP contribution in [-0.4, -0.2) is 21.1 Å². The molecule has 2 aromatic heterocycles. The first-order chi connectivity index (χ1) is 7.83. The second-order valence-electron chi connectivity index (χ2n) is 4.48. The van der Waals surface area contributed by atoms with E-state index >= 15 is 0 Å². The lowest BCUT2D eigenvalue weighted by molar-refractivity contribution is 0.410. The number of piperidine rings is 1. The van der Waals surface area contributed by atoms with Crippen LogP contribution in [-0.2, 0) is 0 Å². The van der Waals surface area contributed by atoms with Crippen LogP contribution in [0.15, 0.2) is 18.5 Å². The second-order valence-corrected chi connectivity index (χ2v) is 4.48. The van der Waals surface area contributed by atoms with Crippen LogP contribution in [0, 0.1) is 6.92 Å². The Kier molecular flexibility index (Phi) is 2.36. The number of hydrogen-bond acceptors (Lipinski definition) is 3. The fourth-order valence-electron chi connectivity index (χ4n) is 2.33. The molecule has 2 aromatic rings. The molecule has 84 valence electrons. The van der Waals surface area contributed by atoms with Gasteiger partial charge in [-0.2, -0.15) is 5.10 Å². The number of nitrogens with one attached hydrogen (secondary N) is 1. The van der Waals surface area contributed by atoms with Crippen molar-refractivity contribution in [3.8, 4) is 0 Å².